The van der Waals surface area contributed by atoms with Crippen molar-refractivity contribution >= 4 is 17.2 Å². The van der Waals surface area contributed by atoms with Gasteiger partial charge in [0.05, 0.1) is 25.3 Å². The molecule has 2 aliphatic rings. The first-order valence-corrected chi connectivity index (χ1v) is 8.97. The number of morpholine rings is 1. The van der Waals surface area contributed by atoms with Crippen molar-refractivity contribution < 1.29 is 9.53 Å². The first-order chi connectivity index (χ1) is 10.8. The van der Waals surface area contributed by atoms with Crippen LogP contribution < -0.4 is 5.32 Å². The molecule has 2 fully saturated rings. The fraction of sp³-hybridized carbons (Fsp3) is 0.688. The molecule has 0 saturated carbocycles. The molecule has 1 aromatic heterocycles. The van der Waals surface area contributed by atoms with Crippen LogP contribution in [0, 0.1) is 0 Å². The Balaban J connectivity index is 1.67. The second kappa shape index (κ2) is 7.55. The summed E-state index contributed by atoms with van der Waals surface area (Å²) in [6.07, 6.45) is 2.06. The molecule has 22 heavy (non-hydrogen) atoms. The van der Waals surface area contributed by atoms with Crippen molar-refractivity contribution in [1.29, 1.82) is 0 Å². The van der Waals surface area contributed by atoms with Crippen LogP contribution in [0.1, 0.15) is 23.8 Å². The average molecular weight is 323 g/mol. The Morgan fingerprint density at radius 2 is 2.36 bits per heavy atom. The van der Waals surface area contributed by atoms with E-state index in [0.29, 0.717) is 0 Å². The van der Waals surface area contributed by atoms with E-state index in [1.807, 2.05) is 11.9 Å². The van der Waals surface area contributed by atoms with Crippen LogP contribution in [0.5, 0.6) is 0 Å². The van der Waals surface area contributed by atoms with Crippen LogP contribution in [0.15, 0.2) is 17.5 Å². The van der Waals surface area contributed by atoms with Gasteiger partial charge in [0.1, 0.15) is 0 Å². The Morgan fingerprint density at radius 1 is 1.55 bits per heavy atom. The molecule has 2 aliphatic heterocycles. The van der Waals surface area contributed by atoms with Crippen molar-refractivity contribution in [2.75, 3.05) is 46.4 Å². The molecule has 2 unspecified atom stereocenters. The third-order valence-corrected chi connectivity index (χ3v) is 5.51. The predicted octanol–water partition coefficient (Wildman–Crippen LogP) is 1.33. The van der Waals surface area contributed by atoms with E-state index in [9.17, 15) is 4.79 Å². The van der Waals surface area contributed by atoms with E-state index in [2.05, 4.69) is 27.7 Å². The first kappa shape index (κ1) is 15.9. The van der Waals surface area contributed by atoms with Crippen molar-refractivity contribution in [1.82, 2.24) is 15.1 Å². The standard InChI is InChI=1S/C16H25N3O2S/c1-18(16(20)13-4-2-6-17-13)12-14(15-5-3-11-22-15)19-7-9-21-10-8-19/h3,5,11,13-14,17H,2,4,6-10,12H2,1H3. The van der Waals surface area contributed by atoms with Crippen molar-refractivity contribution in [2.24, 2.45) is 0 Å². The van der Waals surface area contributed by atoms with Crippen molar-refractivity contribution in [3.05, 3.63) is 22.4 Å². The zero-order valence-corrected chi connectivity index (χ0v) is 14.0. The number of thiophene rings is 1. The molecule has 1 N–H and O–H groups in total. The zero-order chi connectivity index (χ0) is 15.4. The number of rotatable bonds is 5. The third kappa shape index (κ3) is 3.68. The minimum absolute atomic E-state index is 0.0127. The second-order valence-corrected chi connectivity index (χ2v) is 7.03. The Morgan fingerprint density at radius 3 is 3.00 bits per heavy atom. The van der Waals surface area contributed by atoms with Gasteiger partial charge in [-0.2, -0.15) is 0 Å². The highest BCUT2D eigenvalue weighted by atomic mass is 32.1. The smallest absolute Gasteiger partial charge is 0.239 e. The van der Waals surface area contributed by atoms with E-state index in [1.54, 1.807) is 11.3 Å². The van der Waals surface area contributed by atoms with Crippen LogP contribution in [0.25, 0.3) is 0 Å². The number of hydrogen-bond acceptors (Lipinski definition) is 5. The van der Waals surface area contributed by atoms with Gasteiger partial charge < -0.3 is 15.0 Å². The van der Waals surface area contributed by atoms with Crippen LogP contribution in [0.2, 0.25) is 0 Å². The topological polar surface area (TPSA) is 44.8 Å². The summed E-state index contributed by atoms with van der Waals surface area (Å²) in [6, 6.07) is 4.56. The van der Waals surface area contributed by atoms with Gasteiger partial charge in [-0.05, 0) is 30.8 Å². The molecule has 0 aromatic carbocycles. The summed E-state index contributed by atoms with van der Waals surface area (Å²) >= 11 is 1.77. The maximum atomic E-state index is 12.6. The lowest BCUT2D eigenvalue weighted by molar-refractivity contribution is -0.132. The van der Waals surface area contributed by atoms with Gasteiger partial charge in [0.25, 0.3) is 0 Å². The largest absolute Gasteiger partial charge is 0.379 e. The van der Waals surface area contributed by atoms with E-state index in [-0.39, 0.29) is 18.0 Å². The number of carbonyl (C=O) groups excluding carboxylic acids is 1. The van der Waals surface area contributed by atoms with Crippen molar-refractivity contribution in [3.8, 4) is 0 Å². The molecule has 0 bridgehead atoms. The highest BCUT2D eigenvalue weighted by molar-refractivity contribution is 7.10. The van der Waals surface area contributed by atoms with Gasteiger partial charge >= 0.3 is 0 Å². The number of carbonyl (C=O) groups is 1. The summed E-state index contributed by atoms with van der Waals surface area (Å²) in [6.45, 7) is 5.14. The normalized spacial score (nSPS) is 24.3. The quantitative estimate of drug-likeness (QED) is 0.888. The Labute approximate surface area is 136 Å². The molecular weight excluding hydrogens is 298 g/mol. The van der Waals surface area contributed by atoms with E-state index in [1.165, 1.54) is 4.88 Å². The Hall–Kier alpha value is -0.950. The van der Waals surface area contributed by atoms with Crippen LogP contribution in [-0.4, -0.2) is 68.2 Å². The molecule has 1 aromatic rings. The summed E-state index contributed by atoms with van der Waals surface area (Å²) in [5, 5.41) is 5.42. The van der Waals surface area contributed by atoms with Crippen molar-refractivity contribution in [3.63, 3.8) is 0 Å². The van der Waals surface area contributed by atoms with Gasteiger partial charge in [0, 0.05) is 31.6 Å². The fourth-order valence-corrected chi connectivity index (χ4v) is 4.12. The van der Waals surface area contributed by atoms with Crippen LogP contribution in [0.4, 0.5) is 0 Å². The molecule has 2 atom stereocenters. The van der Waals surface area contributed by atoms with Gasteiger partial charge in [0.15, 0.2) is 0 Å². The molecule has 0 aliphatic carbocycles. The van der Waals surface area contributed by atoms with Gasteiger partial charge in [-0.1, -0.05) is 6.07 Å². The average Bonchev–Trinajstić information content (AvgIpc) is 3.25. The summed E-state index contributed by atoms with van der Waals surface area (Å²) in [5.74, 6) is 0.229. The minimum Gasteiger partial charge on any atom is -0.379 e. The molecule has 0 radical (unpaired) electrons. The van der Waals surface area contributed by atoms with Gasteiger partial charge in [-0.15, -0.1) is 11.3 Å². The van der Waals surface area contributed by atoms with Crippen LogP contribution >= 0.6 is 11.3 Å². The zero-order valence-electron chi connectivity index (χ0n) is 13.2. The summed E-state index contributed by atoms with van der Waals surface area (Å²) in [4.78, 5) is 18.2. The molecule has 3 heterocycles. The van der Waals surface area contributed by atoms with Crippen LogP contribution in [0.3, 0.4) is 0 Å². The molecule has 3 rings (SSSR count). The SMILES string of the molecule is CN(CC(c1cccs1)N1CCOCC1)C(=O)C1CCCN1. The number of amides is 1. The maximum absolute atomic E-state index is 12.6. The van der Waals surface area contributed by atoms with Gasteiger partial charge in [-0.3, -0.25) is 9.69 Å². The molecule has 6 heteroatoms. The van der Waals surface area contributed by atoms with Crippen LogP contribution in [-0.2, 0) is 9.53 Å². The Kier molecular flexibility index (Phi) is 5.46. The Bertz CT molecular complexity index is 468. The molecule has 1 amide bonds. The molecule has 0 spiro atoms. The lowest BCUT2D eigenvalue weighted by Gasteiger charge is -2.36. The molecular formula is C16H25N3O2S. The van der Waals surface area contributed by atoms with E-state index in [4.69, 9.17) is 4.74 Å². The second-order valence-electron chi connectivity index (χ2n) is 6.05. The highest BCUT2D eigenvalue weighted by Gasteiger charge is 2.29. The lowest BCUT2D eigenvalue weighted by Crippen LogP contribution is -2.47. The monoisotopic (exact) mass is 323 g/mol. The number of nitrogens with zero attached hydrogens (tertiary/aromatic N) is 2. The molecule has 122 valence electrons. The number of nitrogens with one attached hydrogen (secondary N) is 1. The maximum Gasteiger partial charge on any atom is 0.239 e. The molecule has 2 saturated heterocycles. The van der Waals surface area contributed by atoms with Crippen molar-refractivity contribution in [2.45, 2.75) is 24.9 Å². The lowest BCUT2D eigenvalue weighted by atomic mass is 10.1. The summed E-state index contributed by atoms with van der Waals surface area (Å²) in [5.41, 5.74) is 0. The fourth-order valence-electron chi connectivity index (χ4n) is 3.27. The number of ether oxygens (including phenoxy) is 1. The number of hydrogen-bond donors (Lipinski definition) is 1. The van der Waals surface area contributed by atoms with E-state index >= 15 is 0 Å². The van der Waals surface area contributed by atoms with E-state index < -0.39 is 0 Å². The predicted molar refractivity (Wildman–Crippen MR) is 88.1 cm³/mol. The summed E-state index contributed by atoms with van der Waals surface area (Å²) < 4.78 is 5.47. The third-order valence-electron chi connectivity index (χ3n) is 4.54. The molecule has 5 nitrogen and oxygen atoms in total. The highest BCUT2D eigenvalue weighted by Crippen LogP contribution is 2.27. The van der Waals surface area contributed by atoms with Gasteiger partial charge in [0.2, 0.25) is 5.91 Å². The minimum atomic E-state index is 0.0127. The van der Waals surface area contributed by atoms with E-state index in [0.717, 1.165) is 52.2 Å². The summed E-state index contributed by atoms with van der Waals surface area (Å²) in [7, 11) is 1.93. The first-order valence-electron chi connectivity index (χ1n) is 8.09. The number of likely N-dealkylation sites (N-methyl/N-ethyl adjacent to an activating group) is 1. The van der Waals surface area contributed by atoms with Gasteiger partial charge in [-0.25, -0.2) is 0 Å².